The summed E-state index contributed by atoms with van der Waals surface area (Å²) in [5.74, 6) is 1.64. The standard InChI is InChI=1S/C15H23ClN2O3/c1-10(2)9-18-15(19)5-6-17-12-8-13(20-3)11(16)7-14(12)21-4/h7-8,10,17H,5-6,9H2,1-4H3,(H,18,19). The van der Waals surface area contributed by atoms with Crippen LogP contribution < -0.4 is 20.1 Å². The van der Waals surface area contributed by atoms with Crippen LogP contribution >= 0.6 is 11.6 Å². The maximum absolute atomic E-state index is 11.6. The van der Waals surface area contributed by atoms with Gasteiger partial charge in [-0.1, -0.05) is 25.4 Å². The minimum atomic E-state index is 0.0242. The Morgan fingerprint density at radius 3 is 2.48 bits per heavy atom. The number of methoxy groups -OCH3 is 2. The van der Waals surface area contributed by atoms with Crippen molar-refractivity contribution in [2.45, 2.75) is 20.3 Å². The highest BCUT2D eigenvalue weighted by atomic mass is 35.5. The highest BCUT2D eigenvalue weighted by Crippen LogP contribution is 2.35. The molecule has 0 radical (unpaired) electrons. The van der Waals surface area contributed by atoms with E-state index < -0.39 is 0 Å². The second kappa shape index (κ2) is 8.62. The van der Waals surface area contributed by atoms with Gasteiger partial charge in [-0.15, -0.1) is 0 Å². The first-order valence-corrected chi connectivity index (χ1v) is 7.27. The van der Waals surface area contributed by atoms with Gasteiger partial charge in [0.2, 0.25) is 5.91 Å². The highest BCUT2D eigenvalue weighted by Gasteiger charge is 2.10. The summed E-state index contributed by atoms with van der Waals surface area (Å²) >= 11 is 6.04. The maximum atomic E-state index is 11.6. The summed E-state index contributed by atoms with van der Waals surface area (Å²) in [5.41, 5.74) is 0.746. The molecule has 0 unspecified atom stereocenters. The zero-order valence-corrected chi connectivity index (χ0v) is 13.7. The molecule has 0 heterocycles. The van der Waals surface area contributed by atoms with Crippen LogP contribution in [0.3, 0.4) is 0 Å². The van der Waals surface area contributed by atoms with Crippen LogP contribution in [0.2, 0.25) is 5.02 Å². The molecule has 0 bridgehead atoms. The van der Waals surface area contributed by atoms with Crippen molar-refractivity contribution >= 4 is 23.2 Å². The average Bonchev–Trinajstić information content (AvgIpc) is 2.46. The second-order valence-corrected chi connectivity index (χ2v) is 5.47. The quantitative estimate of drug-likeness (QED) is 0.774. The van der Waals surface area contributed by atoms with Gasteiger partial charge in [-0.3, -0.25) is 4.79 Å². The Kier molecular flexibility index (Phi) is 7.15. The number of hydrogen-bond acceptors (Lipinski definition) is 4. The van der Waals surface area contributed by atoms with Gasteiger partial charge in [0.05, 0.1) is 24.9 Å². The summed E-state index contributed by atoms with van der Waals surface area (Å²) in [6.07, 6.45) is 0.390. The molecule has 0 saturated heterocycles. The maximum Gasteiger partial charge on any atom is 0.221 e. The van der Waals surface area contributed by atoms with Gasteiger partial charge in [0.1, 0.15) is 11.5 Å². The van der Waals surface area contributed by atoms with Gasteiger partial charge in [-0.25, -0.2) is 0 Å². The van der Waals surface area contributed by atoms with Crippen LogP contribution in [0.4, 0.5) is 5.69 Å². The molecular weight excluding hydrogens is 292 g/mol. The topological polar surface area (TPSA) is 59.6 Å². The van der Waals surface area contributed by atoms with Crippen molar-refractivity contribution in [1.29, 1.82) is 0 Å². The van der Waals surface area contributed by atoms with Crippen LogP contribution in [0, 0.1) is 5.92 Å². The first-order chi connectivity index (χ1) is 9.97. The Labute approximate surface area is 131 Å². The van der Waals surface area contributed by atoms with E-state index in [-0.39, 0.29) is 5.91 Å². The van der Waals surface area contributed by atoms with E-state index in [0.717, 1.165) is 5.69 Å². The number of nitrogens with one attached hydrogen (secondary N) is 2. The Hall–Kier alpha value is -1.62. The molecule has 1 aromatic rings. The minimum Gasteiger partial charge on any atom is -0.495 e. The number of carbonyl (C=O) groups excluding carboxylic acids is 1. The predicted octanol–water partition coefficient (Wildman–Crippen LogP) is 2.93. The number of ether oxygens (including phenoxy) is 2. The van der Waals surface area contributed by atoms with Crippen LogP contribution in [-0.2, 0) is 4.79 Å². The molecule has 21 heavy (non-hydrogen) atoms. The molecule has 0 aliphatic carbocycles. The summed E-state index contributed by atoms with van der Waals surface area (Å²) in [6, 6.07) is 3.44. The van der Waals surface area contributed by atoms with Crippen molar-refractivity contribution in [2.75, 3.05) is 32.6 Å². The largest absolute Gasteiger partial charge is 0.495 e. The molecule has 0 spiro atoms. The SMILES string of the molecule is COc1cc(NCCC(=O)NCC(C)C)c(OC)cc1Cl. The van der Waals surface area contributed by atoms with Crippen LogP contribution in [0.1, 0.15) is 20.3 Å². The summed E-state index contributed by atoms with van der Waals surface area (Å²) in [5, 5.41) is 6.51. The van der Waals surface area contributed by atoms with E-state index in [0.29, 0.717) is 41.9 Å². The number of benzene rings is 1. The summed E-state index contributed by atoms with van der Waals surface area (Å²) in [6.45, 7) is 5.31. The Morgan fingerprint density at radius 2 is 1.90 bits per heavy atom. The first kappa shape index (κ1) is 17.4. The van der Waals surface area contributed by atoms with E-state index in [4.69, 9.17) is 21.1 Å². The fourth-order valence-corrected chi connectivity index (χ4v) is 1.95. The lowest BCUT2D eigenvalue weighted by Gasteiger charge is -2.14. The van der Waals surface area contributed by atoms with Crippen LogP contribution in [0.25, 0.3) is 0 Å². The Balaban J connectivity index is 2.56. The van der Waals surface area contributed by atoms with Crippen molar-refractivity contribution in [3.63, 3.8) is 0 Å². The molecule has 1 amide bonds. The van der Waals surface area contributed by atoms with Crippen molar-refractivity contribution in [3.8, 4) is 11.5 Å². The predicted molar refractivity (Wildman–Crippen MR) is 85.5 cm³/mol. The molecule has 0 fully saturated rings. The molecule has 0 aliphatic heterocycles. The van der Waals surface area contributed by atoms with E-state index in [1.54, 1.807) is 26.4 Å². The minimum absolute atomic E-state index is 0.0242. The third-order valence-electron chi connectivity index (χ3n) is 2.85. The lowest BCUT2D eigenvalue weighted by atomic mass is 10.2. The number of rotatable bonds is 8. The first-order valence-electron chi connectivity index (χ1n) is 6.90. The van der Waals surface area contributed by atoms with E-state index >= 15 is 0 Å². The zero-order chi connectivity index (χ0) is 15.8. The number of amides is 1. The number of anilines is 1. The molecule has 6 heteroatoms. The van der Waals surface area contributed by atoms with Gasteiger partial charge in [0.15, 0.2) is 0 Å². The monoisotopic (exact) mass is 314 g/mol. The smallest absolute Gasteiger partial charge is 0.221 e. The third-order valence-corrected chi connectivity index (χ3v) is 3.14. The van der Waals surface area contributed by atoms with Crippen molar-refractivity contribution in [3.05, 3.63) is 17.2 Å². The summed E-state index contributed by atoms with van der Waals surface area (Å²) < 4.78 is 10.4. The van der Waals surface area contributed by atoms with E-state index in [9.17, 15) is 4.79 Å². The lowest BCUT2D eigenvalue weighted by molar-refractivity contribution is -0.120. The molecule has 2 N–H and O–H groups in total. The van der Waals surface area contributed by atoms with Crippen molar-refractivity contribution < 1.29 is 14.3 Å². The van der Waals surface area contributed by atoms with E-state index in [1.165, 1.54) is 0 Å². The average molecular weight is 315 g/mol. The molecule has 0 aliphatic rings. The molecule has 118 valence electrons. The molecule has 0 saturated carbocycles. The molecule has 1 aromatic carbocycles. The third kappa shape index (κ3) is 5.71. The zero-order valence-electron chi connectivity index (χ0n) is 13.0. The normalized spacial score (nSPS) is 10.4. The fraction of sp³-hybridized carbons (Fsp3) is 0.533. The molecule has 0 aromatic heterocycles. The summed E-state index contributed by atoms with van der Waals surface area (Å²) in [7, 11) is 3.12. The Bertz CT molecular complexity index is 478. The van der Waals surface area contributed by atoms with Gasteiger partial charge in [0.25, 0.3) is 0 Å². The highest BCUT2D eigenvalue weighted by molar-refractivity contribution is 6.32. The van der Waals surface area contributed by atoms with Gasteiger partial charge in [0, 0.05) is 31.6 Å². The number of halogens is 1. The molecular formula is C15H23ClN2O3. The lowest BCUT2D eigenvalue weighted by Crippen LogP contribution is -2.28. The van der Waals surface area contributed by atoms with Crippen LogP contribution in [0.5, 0.6) is 11.5 Å². The molecule has 0 atom stereocenters. The van der Waals surface area contributed by atoms with Crippen molar-refractivity contribution in [2.24, 2.45) is 5.92 Å². The van der Waals surface area contributed by atoms with Gasteiger partial charge < -0.3 is 20.1 Å². The summed E-state index contributed by atoms with van der Waals surface area (Å²) in [4.78, 5) is 11.6. The van der Waals surface area contributed by atoms with Gasteiger partial charge >= 0.3 is 0 Å². The molecule has 1 rings (SSSR count). The van der Waals surface area contributed by atoms with E-state index in [2.05, 4.69) is 24.5 Å². The van der Waals surface area contributed by atoms with Crippen molar-refractivity contribution in [1.82, 2.24) is 5.32 Å². The number of carbonyl (C=O) groups is 1. The Morgan fingerprint density at radius 1 is 1.24 bits per heavy atom. The van der Waals surface area contributed by atoms with Crippen LogP contribution in [-0.4, -0.2) is 33.2 Å². The van der Waals surface area contributed by atoms with Crippen LogP contribution in [0.15, 0.2) is 12.1 Å². The number of hydrogen-bond donors (Lipinski definition) is 2. The fourth-order valence-electron chi connectivity index (χ4n) is 1.72. The van der Waals surface area contributed by atoms with Gasteiger partial charge in [-0.2, -0.15) is 0 Å². The van der Waals surface area contributed by atoms with E-state index in [1.807, 2.05) is 0 Å². The van der Waals surface area contributed by atoms with Gasteiger partial charge in [-0.05, 0) is 5.92 Å². The molecule has 5 nitrogen and oxygen atoms in total. The second-order valence-electron chi connectivity index (χ2n) is 5.06.